The summed E-state index contributed by atoms with van der Waals surface area (Å²) in [6.45, 7) is 1.94. The molecule has 2 aromatic carbocycles. The van der Waals surface area contributed by atoms with Gasteiger partial charge in [0, 0.05) is 35.0 Å². The van der Waals surface area contributed by atoms with Gasteiger partial charge in [0.25, 0.3) is 5.69 Å². The van der Waals surface area contributed by atoms with E-state index < -0.39 is 0 Å². The molecule has 0 fully saturated rings. The van der Waals surface area contributed by atoms with Gasteiger partial charge in [-0.1, -0.05) is 30.0 Å². The summed E-state index contributed by atoms with van der Waals surface area (Å²) in [5, 5.41) is 11.2. The first kappa shape index (κ1) is 15.1. The molecule has 0 amide bonds. The van der Waals surface area contributed by atoms with Crippen LogP contribution in [0.1, 0.15) is 11.1 Å². The second-order valence-electron chi connectivity index (χ2n) is 5.56. The zero-order chi connectivity index (χ0) is 15.5. The van der Waals surface area contributed by atoms with Crippen LogP contribution in [0.4, 0.5) is 5.69 Å². The molecule has 1 aliphatic rings. The van der Waals surface area contributed by atoms with Crippen LogP contribution in [0, 0.1) is 10.1 Å². The van der Waals surface area contributed by atoms with Crippen molar-refractivity contribution in [3.05, 3.63) is 63.7 Å². The molecule has 4 nitrogen and oxygen atoms in total. The largest absolute Gasteiger partial charge is 0.306 e. The van der Waals surface area contributed by atoms with Crippen LogP contribution in [-0.2, 0) is 12.8 Å². The zero-order valence-corrected chi connectivity index (χ0v) is 13.3. The highest BCUT2D eigenvalue weighted by Crippen LogP contribution is 2.36. The fourth-order valence-corrected chi connectivity index (χ4v) is 3.81. The maximum Gasteiger partial charge on any atom is 0.270 e. The summed E-state index contributed by atoms with van der Waals surface area (Å²) in [5.74, 6) is 0. The highest BCUT2D eigenvalue weighted by molar-refractivity contribution is 7.99. The monoisotopic (exact) mass is 314 g/mol. The molecule has 3 rings (SSSR count). The van der Waals surface area contributed by atoms with Crippen LogP contribution in [0.2, 0.25) is 0 Å². The van der Waals surface area contributed by atoms with Gasteiger partial charge in [0.05, 0.1) is 4.92 Å². The molecule has 0 N–H and O–H groups in total. The van der Waals surface area contributed by atoms with Crippen LogP contribution >= 0.6 is 11.8 Å². The fraction of sp³-hybridized carbons (Fsp3) is 0.294. The van der Waals surface area contributed by atoms with Gasteiger partial charge in [0.2, 0.25) is 0 Å². The van der Waals surface area contributed by atoms with Crippen LogP contribution in [0.3, 0.4) is 0 Å². The second kappa shape index (κ2) is 6.50. The molecule has 1 aliphatic heterocycles. The van der Waals surface area contributed by atoms with E-state index in [0.717, 1.165) is 41.3 Å². The first-order chi connectivity index (χ1) is 10.6. The number of hydrogen-bond donors (Lipinski definition) is 0. The molecule has 0 spiro atoms. The van der Waals surface area contributed by atoms with Crippen molar-refractivity contribution >= 4 is 17.4 Å². The SMILES string of the molecule is CN1CCc2cc([N+](=O)[O-])cc(Sc3ccccc3)c2CC1. The Balaban J connectivity index is 2.03. The molecule has 0 aromatic heterocycles. The van der Waals surface area contributed by atoms with Gasteiger partial charge in [-0.2, -0.15) is 0 Å². The topological polar surface area (TPSA) is 46.4 Å². The van der Waals surface area contributed by atoms with Crippen molar-refractivity contribution in [2.24, 2.45) is 0 Å². The van der Waals surface area contributed by atoms with Gasteiger partial charge in [0.15, 0.2) is 0 Å². The van der Waals surface area contributed by atoms with Gasteiger partial charge in [-0.15, -0.1) is 0 Å². The third kappa shape index (κ3) is 3.31. The van der Waals surface area contributed by atoms with Crippen LogP contribution in [0.25, 0.3) is 0 Å². The average Bonchev–Trinajstić information content (AvgIpc) is 2.70. The van der Waals surface area contributed by atoms with E-state index >= 15 is 0 Å². The summed E-state index contributed by atoms with van der Waals surface area (Å²) in [5.41, 5.74) is 2.59. The molecular weight excluding hydrogens is 296 g/mol. The highest BCUT2D eigenvalue weighted by atomic mass is 32.2. The Morgan fingerprint density at radius 1 is 1.14 bits per heavy atom. The number of nitro groups is 1. The molecule has 0 unspecified atom stereocenters. The number of nitro benzene ring substituents is 1. The third-order valence-corrected chi connectivity index (χ3v) is 5.07. The molecular formula is C17H18N2O2S. The van der Waals surface area contributed by atoms with Crippen LogP contribution in [-0.4, -0.2) is 30.0 Å². The molecule has 22 heavy (non-hydrogen) atoms. The summed E-state index contributed by atoms with van der Waals surface area (Å²) in [7, 11) is 2.10. The normalized spacial score (nSPS) is 15.1. The number of nitrogens with zero attached hydrogens (tertiary/aromatic N) is 2. The Bertz CT molecular complexity index is 689. The van der Waals surface area contributed by atoms with Gasteiger partial charge in [0.1, 0.15) is 0 Å². The molecule has 0 aliphatic carbocycles. The molecule has 0 radical (unpaired) electrons. The zero-order valence-electron chi connectivity index (χ0n) is 12.5. The van der Waals surface area contributed by atoms with Crippen LogP contribution < -0.4 is 0 Å². The lowest BCUT2D eigenvalue weighted by atomic mass is 10.0. The smallest absolute Gasteiger partial charge is 0.270 e. The third-order valence-electron chi connectivity index (χ3n) is 3.97. The number of benzene rings is 2. The first-order valence-corrected chi connectivity index (χ1v) is 8.17. The minimum Gasteiger partial charge on any atom is -0.306 e. The maximum absolute atomic E-state index is 11.2. The van der Waals surface area contributed by atoms with Crippen LogP contribution in [0.15, 0.2) is 52.3 Å². The Labute approximate surface area is 134 Å². The van der Waals surface area contributed by atoms with Gasteiger partial charge < -0.3 is 4.90 Å². The quantitative estimate of drug-likeness (QED) is 0.639. The Morgan fingerprint density at radius 2 is 1.86 bits per heavy atom. The summed E-state index contributed by atoms with van der Waals surface area (Å²) in [6.07, 6.45) is 1.81. The van der Waals surface area contributed by atoms with Crippen molar-refractivity contribution < 1.29 is 4.92 Å². The summed E-state index contributed by atoms with van der Waals surface area (Å²) < 4.78 is 0. The van der Waals surface area contributed by atoms with Crippen molar-refractivity contribution in [2.75, 3.05) is 20.1 Å². The van der Waals surface area contributed by atoms with Crippen molar-refractivity contribution in [3.8, 4) is 0 Å². The number of rotatable bonds is 3. The van der Waals surface area contributed by atoms with Gasteiger partial charge in [-0.05, 0) is 43.1 Å². The minimum absolute atomic E-state index is 0.196. The van der Waals surface area contributed by atoms with Gasteiger partial charge >= 0.3 is 0 Å². The van der Waals surface area contributed by atoms with Crippen molar-refractivity contribution in [3.63, 3.8) is 0 Å². The Kier molecular flexibility index (Phi) is 4.45. The lowest BCUT2D eigenvalue weighted by molar-refractivity contribution is -0.385. The lowest BCUT2D eigenvalue weighted by Crippen LogP contribution is -2.20. The molecule has 114 valence electrons. The van der Waals surface area contributed by atoms with E-state index in [9.17, 15) is 10.1 Å². The molecule has 0 saturated carbocycles. The molecule has 0 saturated heterocycles. The van der Waals surface area contributed by atoms with E-state index in [-0.39, 0.29) is 10.6 Å². The van der Waals surface area contributed by atoms with E-state index in [1.54, 1.807) is 23.9 Å². The highest BCUT2D eigenvalue weighted by Gasteiger charge is 2.20. The van der Waals surface area contributed by atoms with E-state index in [1.165, 1.54) is 5.56 Å². The standard InChI is InChI=1S/C17H18N2O2S/c1-18-9-7-13-11-14(19(20)21)12-17(16(13)8-10-18)22-15-5-3-2-4-6-15/h2-6,11-12H,7-10H2,1H3. The Hall–Kier alpha value is -1.85. The number of hydrogen-bond acceptors (Lipinski definition) is 4. The molecule has 1 heterocycles. The van der Waals surface area contributed by atoms with Crippen molar-refractivity contribution in [1.82, 2.24) is 4.90 Å². The molecule has 0 bridgehead atoms. The van der Waals surface area contributed by atoms with E-state index in [4.69, 9.17) is 0 Å². The summed E-state index contributed by atoms with van der Waals surface area (Å²) >= 11 is 1.62. The Morgan fingerprint density at radius 3 is 2.59 bits per heavy atom. The lowest BCUT2D eigenvalue weighted by Gasteiger charge is -2.12. The maximum atomic E-state index is 11.2. The number of fused-ring (bicyclic) bond motifs is 1. The summed E-state index contributed by atoms with van der Waals surface area (Å²) in [4.78, 5) is 15.4. The minimum atomic E-state index is -0.288. The van der Waals surface area contributed by atoms with Crippen LogP contribution in [0.5, 0.6) is 0 Å². The molecule has 0 atom stereocenters. The van der Waals surface area contributed by atoms with Gasteiger partial charge in [-0.3, -0.25) is 10.1 Å². The average molecular weight is 314 g/mol. The van der Waals surface area contributed by atoms with E-state index in [0.29, 0.717) is 0 Å². The second-order valence-corrected chi connectivity index (χ2v) is 6.67. The summed E-state index contributed by atoms with van der Waals surface area (Å²) in [6, 6.07) is 13.5. The fourth-order valence-electron chi connectivity index (χ4n) is 2.73. The predicted octanol–water partition coefficient (Wildman–Crippen LogP) is 3.78. The number of likely N-dealkylation sites (N-methyl/N-ethyl adjacent to an activating group) is 1. The van der Waals surface area contributed by atoms with E-state index in [2.05, 4.69) is 11.9 Å². The molecule has 2 aromatic rings. The first-order valence-electron chi connectivity index (χ1n) is 7.35. The van der Waals surface area contributed by atoms with Gasteiger partial charge in [-0.25, -0.2) is 0 Å². The van der Waals surface area contributed by atoms with Crippen molar-refractivity contribution in [1.29, 1.82) is 0 Å². The van der Waals surface area contributed by atoms with Crippen molar-refractivity contribution in [2.45, 2.75) is 22.6 Å². The molecule has 5 heteroatoms. The predicted molar refractivity (Wildman–Crippen MR) is 88.6 cm³/mol. The van der Waals surface area contributed by atoms with E-state index in [1.807, 2.05) is 30.3 Å². The number of non-ortho nitro benzene ring substituents is 1.